The van der Waals surface area contributed by atoms with Crippen LogP contribution in [0, 0.1) is 12.8 Å². The van der Waals surface area contributed by atoms with Crippen molar-refractivity contribution in [2.45, 2.75) is 52.1 Å². The van der Waals surface area contributed by atoms with Crippen LogP contribution in [0.4, 0.5) is 0 Å². The first-order chi connectivity index (χ1) is 11.1. The van der Waals surface area contributed by atoms with E-state index >= 15 is 0 Å². The quantitative estimate of drug-likeness (QED) is 0.873. The van der Waals surface area contributed by atoms with E-state index in [1.54, 1.807) is 11.3 Å². The molecule has 126 valence electrons. The molecular weight excluding hydrogens is 312 g/mol. The summed E-state index contributed by atoms with van der Waals surface area (Å²) in [5, 5.41) is 8.63. The van der Waals surface area contributed by atoms with Gasteiger partial charge in [-0.25, -0.2) is 4.98 Å². The largest absolute Gasteiger partial charge is 0.381 e. The Labute approximate surface area is 140 Å². The van der Waals surface area contributed by atoms with E-state index in [1.807, 2.05) is 13.1 Å². The molecule has 0 radical (unpaired) electrons. The van der Waals surface area contributed by atoms with E-state index in [1.165, 1.54) is 4.88 Å². The van der Waals surface area contributed by atoms with Gasteiger partial charge in [0.05, 0.1) is 6.04 Å². The maximum atomic E-state index is 5.48. The van der Waals surface area contributed by atoms with Gasteiger partial charge in [-0.3, -0.25) is 5.32 Å². The molecule has 1 atom stereocenters. The highest BCUT2D eigenvalue weighted by atomic mass is 32.1. The fourth-order valence-electron chi connectivity index (χ4n) is 2.81. The highest BCUT2D eigenvalue weighted by Crippen LogP contribution is 2.30. The molecule has 1 fully saturated rings. The summed E-state index contributed by atoms with van der Waals surface area (Å²) in [4.78, 5) is 10.3. The molecule has 0 spiro atoms. The minimum Gasteiger partial charge on any atom is -0.381 e. The number of hydrogen-bond acceptors (Lipinski definition) is 7. The Bertz CT molecular complexity index is 619. The van der Waals surface area contributed by atoms with Crippen molar-refractivity contribution in [2.24, 2.45) is 5.92 Å². The molecule has 0 amide bonds. The topological polar surface area (TPSA) is 73.1 Å². The Morgan fingerprint density at radius 1 is 1.35 bits per heavy atom. The third-order valence-corrected chi connectivity index (χ3v) is 5.46. The summed E-state index contributed by atoms with van der Waals surface area (Å²) in [5.74, 6) is 2.32. The van der Waals surface area contributed by atoms with Crippen molar-refractivity contribution in [3.63, 3.8) is 0 Å². The average Bonchev–Trinajstić information content (AvgIpc) is 3.18. The first-order valence-electron chi connectivity index (χ1n) is 8.19. The summed E-state index contributed by atoms with van der Waals surface area (Å²) in [7, 11) is 0. The standard InChI is InChI=1S/C16H24N4O2S/c1-10(2)13-8-17-14(23-13)9-18-15(12-4-6-21-7-5-12)16-19-11(3)20-22-16/h8,10,12,15,18H,4-7,9H2,1-3H3/t15-/m0/s1. The van der Waals surface area contributed by atoms with E-state index in [9.17, 15) is 0 Å². The normalized spacial score (nSPS) is 17.7. The molecular formula is C16H24N4O2S. The van der Waals surface area contributed by atoms with Gasteiger partial charge in [0.1, 0.15) is 5.01 Å². The third kappa shape index (κ3) is 4.16. The number of aryl methyl sites for hydroxylation is 1. The first kappa shape index (κ1) is 16.5. The van der Waals surface area contributed by atoms with E-state index in [0.29, 0.717) is 23.6 Å². The molecule has 1 N–H and O–H groups in total. The van der Waals surface area contributed by atoms with Gasteiger partial charge in [0.2, 0.25) is 5.89 Å². The van der Waals surface area contributed by atoms with Crippen LogP contribution >= 0.6 is 11.3 Å². The Morgan fingerprint density at radius 3 is 2.74 bits per heavy atom. The maximum absolute atomic E-state index is 5.48. The molecule has 6 nitrogen and oxygen atoms in total. The van der Waals surface area contributed by atoms with Crippen LogP contribution in [0.5, 0.6) is 0 Å². The van der Waals surface area contributed by atoms with Gasteiger partial charge in [-0.05, 0) is 31.6 Å². The molecule has 0 bridgehead atoms. The molecule has 1 aliphatic heterocycles. The molecule has 7 heteroatoms. The van der Waals surface area contributed by atoms with E-state index in [0.717, 1.165) is 37.6 Å². The van der Waals surface area contributed by atoms with Crippen molar-refractivity contribution in [3.05, 3.63) is 27.8 Å². The molecule has 2 aromatic heterocycles. The van der Waals surface area contributed by atoms with E-state index in [2.05, 4.69) is 34.3 Å². The summed E-state index contributed by atoms with van der Waals surface area (Å²) in [6.07, 6.45) is 4.00. The first-order valence-corrected chi connectivity index (χ1v) is 9.01. The zero-order valence-electron chi connectivity index (χ0n) is 13.9. The van der Waals surface area contributed by atoms with Crippen LogP contribution < -0.4 is 5.32 Å². The number of nitrogens with zero attached hydrogens (tertiary/aromatic N) is 3. The average molecular weight is 336 g/mol. The third-order valence-electron chi connectivity index (χ3n) is 4.16. The molecule has 3 heterocycles. The van der Waals surface area contributed by atoms with E-state index < -0.39 is 0 Å². The second kappa shape index (κ2) is 7.51. The monoisotopic (exact) mass is 336 g/mol. The highest BCUT2D eigenvalue weighted by Gasteiger charge is 2.29. The van der Waals surface area contributed by atoms with Crippen LogP contribution in [-0.4, -0.2) is 28.3 Å². The molecule has 1 saturated heterocycles. The van der Waals surface area contributed by atoms with E-state index in [4.69, 9.17) is 9.26 Å². The second-order valence-corrected chi connectivity index (χ2v) is 7.45. The summed E-state index contributed by atoms with van der Waals surface area (Å²) < 4.78 is 10.9. The summed E-state index contributed by atoms with van der Waals surface area (Å²) in [5.41, 5.74) is 0. The van der Waals surface area contributed by atoms with Crippen molar-refractivity contribution < 1.29 is 9.26 Å². The Hall–Kier alpha value is -1.31. The van der Waals surface area contributed by atoms with Gasteiger partial charge in [-0.15, -0.1) is 11.3 Å². The Kier molecular flexibility index (Phi) is 5.40. The summed E-state index contributed by atoms with van der Waals surface area (Å²) >= 11 is 1.77. The lowest BCUT2D eigenvalue weighted by atomic mass is 9.91. The van der Waals surface area contributed by atoms with Gasteiger partial charge in [0.25, 0.3) is 0 Å². The van der Waals surface area contributed by atoms with Crippen LogP contribution in [0.3, 0.4) is 0 Å². The predicted octanol–water partition coefficient (Wildman–Crippen LogP) is 3.22. The highest BCUT2D eigenvalue weighted by molar-refractivity contribution is 7.11. The molecule has 23 heavy (non-hydrogen) atoms. The van der Waals surface area contributed by atoms with Crippen molar-refractivity contribution in [1.82, 2.24) is 20.4 Å². The van der Waals surface area contributed by atoms with Crippen LogP contribution in [0.2, 0.25) is 0 Å². The smallest absolute Gasteiger partial charge is 0.244 e. The van der Waals surface area contributed by atoms with Gasteiger partial charge in [-0.1, -0.05) is 19.0 Å². The number of nitrogens with one attached hydrogen (secondary N) is 1. The SMILES string of the molecule is Cc1noc([C@@H](NCc2ncc(C(C)C)s2)C2CCOCC2)n1. The molecule has 0 unspecified atom stereocenters. The summed E-state index contributed by atoms with van der Waals surface area (Å²) in [6.45, 7) is 8.55. The minimum absolute atomic E-state index is 0.0616. The summed E-state index contributed by atoms with van der Waals surface area (Å²) in [6, 6.07) is 0.0616. The second-order valence-electron chi connectivity index (χ2n) is 6.30. The number of aromatic nitrogens is 3. The zero-order valence-corrected chi connectivity index (χ0v) is 14.7. The van der Waals surface area contributed by atoms with Crippen molar-refractivity contribution in [2.75, 3.05) is 13.2 Å². The Morgan fingerprint density at radius 2 is 2.13 bits per heavy atom. The number of rotatable bonds is 6. The van der Waals surface area contributed by atoms with Gasteiger partial charge < -0.3 is 9.26 Å². The number of hydrogen-bond donors (Lipinski definition) is 1. The fourth-order valence-corrected chi connectivity index (χ4v) is 3.69. The maximum Gasteiger partial charge on any atom is 0.244 e. The lowest BCUT2D eigenvalue weighted by Gasteiger charge is -2.28. The number of thiazole rings is 1. The molecule has 0 aromatic carbocycles. The van der Waals surface area contributed by atoms with Crippen LogP contribution in [0.25, 0.3) is 0 Å². The van der Waals surface area contributed by atoms with Crippen LogP contribution in [0.15, 0.2) is 10.7 Å². The molecule has 0 saturated carbocycles. The number of ether oxygens (including phenoxy) is 1. The lowest BCUT2D eigenvalue weighted by molar-refractivity contribution is 0.0485. The predicted molar refractivity (Wildman–Crippen MR) is 88.4 cm³/mol. The van der Waals surface area contributed by atoms with Crippen molar-refractivity contribution >= 4 is 11.3 Å². The zero-order chi connectivity index (χ0) is 16.2. The van der Waals surface area contributed by atoms with Crippen molar-refractivity contribution in [1.29, 1.82) is 0 Å². The Balaban J connectivity index is 1.70. The fraction of sp³-hybridized carbons (Fsp3) is 0.688. The van der Waals surface area contributed by atoms with Gasteiger partial charge in [0.15, 0.2) is 5.82 Å². The van der Waals surface area contributed by atoms with Gasteiger partial charge >= 0.3 is 0 Å². The minimum atomic E-state index is 0.0616. The molecule has 3 rings (SSSR count). The molecule has 1 aliphatic rings. The van der Waals surface area contributed by atoms with Crippen LogP contribution in [0.1, 0.15) is 60.2 Å². The molecule has 0 aliphatic carbocycles. The van der Waals surface area contributed by atoms with Crippen molar-refractivity contribution in [3.8, 4) is 0 Å². The van der Waals surface area contributed by atoms with E-state index in [-0.39, 0.29) is 6.04 Å². The van der Waals surface area contributed by atoms with Gasteiger partial charge in [0, 0.05) is 30.8 Å². The van der Waals surface area contributed by atoms with Crippen LogP contribution in [-0.2, 0) is 11.3 Å². The van der Waals surface area contributed by atoms with Gasteiger partial charge in [-0.2, -0.15) is 4.98 Å². The lowest BCUT2D eigenvalue weighted by Crippen LogP contribution is -2.32. The molecule has 2 aromatic rings.